The van der Waals surface area contributed by atoms with Crippen molar-refractivity contribution in [2.75, 3.05) is 5.32 Å². The Morgan fingerprint density at radius 2 is 1.75 bits per heavy atom. The molecule has 0 unspecified atom stereocenters. The molecule has 0 spiro atoms. The van der Waals surface area contributed by atoms with Gasteiger partial charge in [0.25, 0.3) is 0 Å². The number of rotatable bonds is 3. The summed E-state index contributed by atoms with van der Waals surface area (Å²) in [5, 5.41) is 2.84. The molecular formula is C14H21NO. The highest BCUT2D eigenvalue weighted by molar-refractivity contribution is 5.90. The molecule has 2 heteroatoms. The monoisotopic (exact) mass is 219 g/mol. The maximum absolute atomic E-state index is 11.2. The summed E-state index contributed by atoms with van der Waals surface area (Å²) < 4.78 is 0. The SMILES string of the molecule is CCC(=O)Nc1ccc(CC(C)(C)C)cc1. The van der Waals surface area contributed by atoms with Crippen LogP contribution in [0.3, 0.4) is 0 Å². The molecule has 0 bridgehead atoms. The Morgan fingerprint density at radius 1 is 1.19 bits per heavy atom. The third kappa shape index (κ3) is 4.47. The van der Waals surface area contributed by atoms with Crippen molar-refractivity contribution in [2.24, 2.45) is 5.41 Å². The van der Waals surface area contributed by atoms with E-state index in [1.54, 1.807) is 0 Å². The molecule has 1 aromatic rings. The molecule has 0 atom stereocenters. The van der Waals surface area contributed by atoms with Crippen molar-refractivity contribution < 1.29 is 4.79 Å². The van der Waals surface area contributed by atoms with E-state index in [0.717, 1.165) is 12.1 Å². The number of carbonyl (C=O) groups excluding carboxylic acids is 1. The Bertz CT molecular complexity index is 346. The molecule has 0 aliphatic heterocycles. The Labute approximate surface area is 98.1 Å². The Hall–Kier alpha value is -1.31. The molecule has 1 aromatic carbocycles. The van der Waals surface area contributed by atoms with Crippen LogP contribution in [0, 0.1) is 5.41 Å². The van der Waals surface area contributed by atoms with E-state index in [1.807, 2.05) is 19.1 Å². The van der Waals surface area contributed by atoms with Gasteiger partial charge >= 0.3 is 0 Å². The number of amides is 1. The van der Waals surface area contributed by atoms with Gasteiger partial charge in [-0.1, -0.05) is 39.8 Å². The first-order chi connectivity index (χ1) is 7.40. The number of anilines is 1. The lowest BCUT2D eigenvalue weighted by Gasteiger charge is -2.18. The van der Waals surface area contributed by atoms with Gasteiger partial charge < -0.3 is 5.32 Å². The highest BCUT2D eigenvalue weighted by Crippen LogP contribution is 2.21. The first-order valence-electron chi connectivity index (χ1n) is 5.79. The molecule has 0 aliphatic carbocycles. The van der Waals surface area contributed by atoms with Gasteiger partial charge in [0.2, 0.25) is 5.91 Å². The van der Waals surface area contributed by atoms with Gasteiger partial charge in [-0.25, -0.2) is 0 Å². The minimum atomic E-state index is 0.0589. The largest absolute Gasteiger partial charge is 0.326 e. The molecule has 88 valence electrons. The molecule has 2 nitrogen and oxygen atoms in total. The van der Waals surface area contributed by atoms with Gasteiger partial charge in [0.05, 0.1) is 0 Å². The van der Waals surface area contributed by atoms with Gasteiger partial charge in [-0.2, -0.15) is 0 Å². The maximum atomic E-state index is 11.2. The average molecular weight is 219 g/mol. The van der Waals surface area contributed by atoms with E-state index in [0.29, 0.717) is 11.8 Å². The summed E-state index contributed by atoms with van der Waals surface area (Å²) in [6.45, 7) is 8.52. The van der Waals surface area contributed by atoms with Crippen LogP contribution in [-0.2, 0) is 11.2 Å². The number of carbonyl (C=O) groups is 1. The third-order valence-corrected chi connectivity index (χ3v) is 2.29. The van der Waals surface area contributed by atoms with Crippen LogP contribution in [0.4, 0.5) is 5.69 Å². The predicted octanol–water partition coefficient (Wildman–Crippen LogP) is 3.62. The van der Waals surface area contributed by atoms with E-state index in [-0.39, 0.29) is 5.91 Å². The molecule has 1 N–H and O–H groups in total. The summed E-state index contributed by atoms with van der Waals surface area (Å²) >= 11 is 0. The van der Waals surface area contributed by atoms with Crippen LogP contribution in [0.2, 0.25) is 0 Å². The smallest absolute Gasteiger partial charge is 0.224 e. The second-order valence-corrected chi connectivity index (χ2v) is 5.34. The van der Waals surface area contributed by atoms with Crippen LogP contribution in [0.5, 0.6) is 0 Å². The van der Waals surface area contributed by atoms with E-state index in [4.69, 9.17) is 0 Å². The van der Waals surface area contributed by atoms with Gasteiger partial charge in [-0.05, 0) is 29.5 Å². The summed E-state index contributed by atoms with van der Waals surface area (Å²) in [6.07, 6.45) is 1.57. The van der Waals surface area contributed by atoms with Crippen LogP contribution in [0.25, 0.3) is 0 Å². The van der Waals surface area contributed by atoms with Gasteiger partial charge in [0, 0.05) is 12.1 Å². The molecule has 0 saturated heterocycles. The number of benzene rings is 1. The second-order valence-electron chi connectivity index (χ2n) is 5.34. The highest BCUT2D eigenvalue weighted by Gasteiger charge is 2.10. The fourth-order valence-corrected chi connectivity index (χ4v) is 1.57. The first kappa shape index (κ1) is 12.8. The van der Waals surface area contributed by atoms with E-state index in [2.05, 4.69) is 38.2 Å². The molecule has 0 saturated carbocycles. The quantitative estimate of drug-likeness (QED) is 0.826. The normalized spacial score (nSPS) is 11.2. The molecular weight excluding hydrogens is 198 g/mol. The predicted molar refractivity (Wildman–Crippen MR) is 68.5 cm³/mol. The molecule has 0 aliphatic rings. The molecule has 16 heavy (non-hydrogen) atoms. The van der Waals surface area contributed by atoms with E-state index in [1.165, 1.54) is 5.56 Å². The van der Waals surface area contributed by atoms with Crippen LogP contribution in [-0.4, -0.2) is 5.91 Å². The van der Waals surface area contributed by atoms with E-state index >= 15 is 0 Å². The van der Waals surface area contributed by atoms with Crippen molar-refractivity contribution in [1.29, 1.82) is 0 Å². The Morgan fingerprint density at radius 3 is 2.19 bits per heavy atom. The standard InChI is InChI=1S/C14H21NO/c1-5-13(16)15-12-8-6-11(7-9-12)10-14(2,3)4/h6-9H,5,10H2,1-4H3,(H,15,16). The lowest BCUT2D eigenvalue weighted by atomic mass is 9.88. The number of hydrogen-bond acceptors (Lipinski definition) is 1. The molecule has 0 fully saturated rings. The zero-order valence-electron chi connectivity index (χ0n) is 10.6. The van der Waals surface area contributed by atoms with Gasteiger partial charge in [-0.15, -0.1) is 0 Å². The van der Waals surface area contributed by atoms with Crippen molar-refractivity contribution in [1.82, 2.24) is 0 Å². The number of nitrogens with one attached hydrogen (secondary N) is 1. The van der Waals surface area contributed by atoms with Crippen molar-refractivity contribution in [3.63, 3.8) is 0 Å². The Kier molecular flexibility index (Phi) is 4.11. The van der Waals surface area contributed by atoms with E-state index in [9.17, 15) is 4.79 Å². The van der Waals surface area contributed by atoms with Crippen LogP contribution < -0.4 is 5.32 Å². The fraction of sp³-hybridized carbons (Fsp3) is 0.500. The minimum Gasteiger partial charge on any atom is -0.326 e. The summed E-state index contributed by atoms with van der Waals surface area (Å²) in [6, 6.07) is 8.09. The molecule has 1 amide bonds. The van der Waals surface area contributed by atoms with Crippen LogP contribution >= 0.6 is 0 Å². The average Bonchev–Trinajstić information content (AvgIpc) is 2.18. The van der Waals surface area contributed by atoms with Crippen LogP contribution in [0.1, 0.15) is 39.7 Å². The third-order valence-electron chi connectivity index (χ3n) is 2.29. The molecule has 1 rings (SSSR count). The summed E-state index contributed by atoms with van der Waals surface area (Å²) in [7, 11) is 0. The summed E-state index contributed by atoms with van der Waals surface area (Å²) in [5.74, 6) is 0.0589. The lowest BCUT2D eigenvalue weighted by molar-refractivity contribution is -0.115. The molecule has 0 aromatic heterocycles. The second kappa shape index (κ2) is 5.15. The number of hydrogen-bond donors (Lipinski definition) is 1. The summed E-state index contributed by atoms with van der Waals surface area (Å²) in [4.78, 5) is 11.2. The Balaban J connectivity index is 2.64. The van der Waals surface area contributed by atoms with Crippen molar-refractivity contribution in [2.45, 2.75) is 40.5 Å². The van der Waals surface area contributed by atoms with E-state index < -0.39 is 0 Å². The lowest BCUT2D eigenvalue weighted by Crippen LogP contribution is -2.10. The van der Waals surface area contributed by atoms with Crippen molar-refractivity contribution in [3.05, 3.63) is 29.8 Å². The zero-order valence-corrected chi connectivity index (χ0v) is 10.6. The molecule has 0 heterocycles. The fourth-order valence-electron chi connectivity index (χ4n) is 1.57. The van der Waals surface area contributed by atoms with Crippen molar-refractivity contribution in [3.8, 4) is 0 Å². The highest BCUT2D eigenvalue weighted by atomic mass is 16.1. The summed E-state index contributed by atoms with van der Waals surface area (Å²) in [5.41, 5.74) is 2.49. The van der Waals surface area contributed by atoms with Gasteiger partial charge in [0.1, 0.15) is 0 Å². The van der Waals surface area contributed by atoms with Gasteiger partial charge in [0.15, 0.2) is 0 Å². The molecule has 0 radical (unpaired) electrons. The van der Waals surface area contributed by atoms with Gasteiger partial charge in [-0.3, -0.25) is 4.79 Å². The minimum absolute atomic E-state index is 0.0589. The topological polar surface area (TPSA) is 29.1 Å². The first-order valence-corrected chi connectivity index (χ1v) is 5.79. The van der Waals surface area contributed by atoms with Crippen LogP contribution in [0.15, 0.2) is 24.3 Å². The zero-order chi connectivity index (χ0) is 12.2. The van der Waals surface area contributed by atoms with Crippen molar-refractivity contribution >= 4 is 11.6 Å². The maximum Gasteiger partial charge on any atom is 0.224 e.